The van der Waals surface area contributed by atoms with E-state index in [0.29, 0.717) is 5.56 Å². The molecule has 3 heterocycles. The van der Waals surface area contributed by atoms with Crippen LogP contribution in [0, 0.1) is 5.95 Å². The van der Waals surface area contributed by atoms with E-state index < -0.39 is 144 Å². The first-order chi connectivity index (χ1) is 45.1. The summed E-state index contributed by atoms with van der Waals surface area (Å²) in [7, 11) is 1.80. The van der Waals surface area contributed by atoms with Gasteiger partial charge in [0, 0.05) is 56.1 Å². The van der Waals surface area contributed by atoms with Gasteiger partial charge in [0.05, 0.1) is 63.9 Å². The van der Waals surface area contributed by atoms with Gasteiger partial charge in [-0.25, -0.2) is 4.98 Å². The number of ether oxygens (including phenoxy) is 4. The maximum atomic E-state index is 14.6. The van der Waals surface area contributed by atoms with Gasteiger partial charge >= 0.3 is 5.97 Å². The number of nitrogens with one attached hydrogen (secondary N) is 11. The van der Waals surface area contributed by atoms with Crippen molar-refractivity contribution in [2.45, 2.75) is 87.2 Å². The van der Waals surface area contributed by atoms with E-state index in [9.17, 15) is 71.8 Å². The molecule has 2 fully saturated rings. The molecule has 2 aromatic rings. The minimum atomic E-state index is -1.83. The molecule has 7 atom stereocenters. The average Bonchev–Trinajstić information content (AvgIpc) is 1.06. The maximum Gasteiger partial charge on any atom is 0.305 e. The number of carbonyl (C=O) groups excluding carboxylic acids is 12. The highest BCUT2D eigenvalue weighted by Gasteiger charge is 2.35. The van der Waals surface area contributed by atoms with Gasteiger partial charge in [-0.1, -0.05) is 51.9 Å². The van der Waals surface area contributed by atoms with Crippen LogP contribution in [0.4, 0.5) is 4.39 Å². The Kier molecular flexibility index (Phi) is 36.7. The van der Waals surface area contributed by atoms with Gasteiger partial charge in [-0.15, -0.1) is 11.8 Å². The standard InChI is InChI=1S/C56H81FN16O18S3/c57-42-12-11-34(25-65-42)48(80)62-13-5-4-9-36-51(83)72-40-30-93-94-31-41(73-53(85)38(24-47(78)79)68-44(75)26-66-49(81)35(69-54(40)86)10-6-14-64-56(59)60)55(87)70-37(23-33-7-2-1-3-8-33)52(84)71-39(29-92-32-46(77)67-36)50(82)63-16-18-89-20-22-90-21-19-88-17-15-61-45(76)28-91-27-43(58)74/h1-3,7-8,11-12,25,35-41H,4-6,9-10,13-24,26-32H2,(H2,58,74)(H,61,76)(H,62,80)(H,63,82)(H,66,81)(H,67,77)(H,68,75)(H,69,86)(H,70,87)(H,71,84)(H,72,83)(H,73,85)(H,78,79)(H4,59,60,64)/t35-,36-,37-,38-,39-,40-,41-/m0/s1/i57-1. The Labute approximate surface area is 551 Å². The van der Waals surface area contributed by atoms with Gasteiger partial charge in [0.2, 0.25) is 70.9 Å². The number of aliphatic carboxylic acids is 1. The molecule has 2 bridgehead atoms. The number of guanidine groups is 1. The summed E-state index contributed by atoms with van der Waals surface area (Å²) in [6.07, 6.45) is 0.173. The molecule has 0 unspecified atom stereocenters. The van der Waals surface area contributed by atoms with Crippen molar-refractivity contribution in [1.29, 1.82) is 0 Å². The lowest BCUT2D eigenvalue weighted by atomic mass is 10.0. The van der Waals surface area contributed by atoms with Crippen molar-refractivity contribution in [2.24, 2.45) is 22.2 Å². The zero-order chi connectivity index (χ0) is 68.6. The van der Waals surface area contributed by atoms with E-state index in [4.69, 9.17) is 36.1 Å². The monoisotopic (exact) mass is 1380 g/mol. The van der Waals surface area contributed by atoms with E-state index in [-0.39, 0.29) is 146 Å². The molecule has 2 aliphatic rings. The minimum Gasteiger partial charge on any atom is -0.481 e. The van der Waals surface area contributed by atoms with Gasteiger partial charge in [0.15, 0.2) is 5.96 Å². The van der Waals surface area contributed by atoms with Crippen molar-refractivity contribution < 1.29 is 90.8 Å². The Morgan fingerprint density at radius 1 is 0.606 bits per heavy atom. The molecular formula is C56H81FN16O18S3. The number of nitrogens with zero attached hydrogens (tertiary/aromatic N) is 2. The van der Waals surface area contributed by atoms with E-state index in [1.165, 1.54) is 6.07 Å². The zero-order valence-electron chi connectivity index (χ0n) is 51.2. The van der Waals surface area contributed by atoms with Crippen LogP contribution in [0.15, 0.2) is 53.7 Å². The molecule has 2 aliphatic heterocycles. The summed E-state index contributed by atoms with van der Waals surface area (Å²) < 4.78 is 34.8. The predicted molar refractivity (Wildman–Crippen MR) is 340 cm³/mol. The summed E-state index contributed by atoms with van der Waals surface area (Å²) in [4.78, 5) is 182. The molecule has 518 valence electrons. The number of nitrogens with two attached hydrogens (primary N) is 3. The van der Waals surface area contributed by atoms with Crippen molar-refractivity contribution in [3.8, 4) is 0 Å². The van der Waals surface area contributed by atoms with Gasteiger partial charge < -0.3 is 99.7 Å². The van der Waals surface area contributed by atoms with Crippen LogP contribution in [0.5, 0.6) is 0 Å². The molecule has 0 spiro atoms. The Morgan fingerprint density at radius 3 is 1.83 bits per heavy atom. The van der Waals surface area contributed by atoms with Gasteiger partial charge in [0.1, 0.15) is 55.5 Å². The van der Waals surface area contributed by atoms with E-state index in [1.807, 2.05) is 0 Å². The van der Waals surface area contributed by atoms with E-state index in [0.717, 1.165) is 45.6 Å². The normalized spacial score (nSPS) is 20.7. The molecule has 34 nitrogen and oxygen atoms in total. The van der Waals surface area contributed by atoms with Crippen LogP contribution >= 0.6 is 33.3 Å². The van der Waals surface area contributed by atoms with Crippen LogP contribution in [-0.2, 0) is 82.9 Å². The highest BCUT2D eigenvalue weighted by Crippen LogP contribution is 2.24. The third-order valence-corrected chi connectivity index (χ3v) is 16.6. The lowest BCUT2D eigenvalue weighted by Gasteiger charge is -2.27. The van der Waals surface area contributed by atoms with Crippen LogP contribution in [0.2, 0.25) is 0 Å². The number of halogens is 1. The Morgan fingerprint density at radius 2 is 1.20 bits per heavy atom. The number of fused-ring (bicyclic) bond motifs is 5. The van der Waals surface area contributed by atoms with Crippen molar-refractivity contribution >= 4 is 116 Å². The number of primary amides is 1. The smallest absolute Gasteiger partial charge is 0.305 e. The summed E-state index contributed by atoms with van der Waals surface area (Å²) in [5.41, 5.74) is 16.6. The Bertz CT molecular complexity index is 2890. The second kappa shape index (κ2) is 44.2. The third kappa shape index (κ3) is 32.4. The second-order valence-corrected chi connectivity index (χ2v) is 24.2. The van der Waals surface area contributed by atoms with Crippen LogP contribution in [0.25, 0.3) is 0 Å². The number of benzene rings is 1. The molecule has 1 aromatic heterocycles. The molecule has 2 saturated heterocycles. The molecule has 4 rings (SSSR count). The van der Waals surface area contributed by atoms with Crippen LogP contribution < -0.4 is 75.7 Å². The quantitative estimate of drug-likeness (QED) is 0.0110. The first-order valence-electron chi connectivity index (χ1n) is 29.6. The first kappa shape index (κ1) is 78.0. The van der Waals surface area contributed by atoms with Crippen LogP contribution in [-0.4, -0.2) is 244 Å². The molecular weight excluding hydrogens is 1300 g/mol. The number of amides is 12. The summed E-state index contributed by atoms with van der Waals surface area (Å²) in [5.74, 6) is -14.0. The number of hydrogen-bond acceptors (Lipinski definition) is 22. The molecule has 0 saturated carbocycles. The van der Waals surface area contributed by atoms with Gasteiger partial charge in [-0.2, -0.15) is 4.39 Å². The molecule has 18 N–H and O–H groups in total. The number of aromatic nitrogens is 1. The number of aliphatic imine (C=N–C) groups is 1. The molecule has 0 radical (unpaired) electrons. The first-order valence-corrected chi connectivity index (χ1v) is 33.3. The fourth-order valence-electron chi connectivity index (χ4n) is 8.43. The van der Waals surface area contributed by atoms with E-state index >= 15 is 0 Å². The van der Waals surface area contributed by atoms with Crippen molar-refractivity contribution in [3.05, 3.63) is 65.7 Å². The van der Waals surface area contributed by atoms with Crippen molar-refractivity contribution in [1.82, 2.24) is 63.5 Å². The SMILES string of the molecule is NC(=O)COCC(=O)NCCOCCOCCOCCNC(=O)[C@@H]1CSCC(=O)N[C@@H](CCCCNC(=O)c2ccc([18F])nc2)C(=O)N[C@H]2CSSC[C@H](NC(=O)[C@H](CC(=O)O)NC(=O)CNC(=O)[C@H](CCCN=C(N)N)NC2=O)C(=O)N[C@@H](Cc2ccccc2)C(=O)N1. The summed E-state index contributed by atoms with van der Waals surface area (Å²) in [5, 5.41) is 38.1. The average molecular weight is 1380 g/mol. The molecule has 1 aromatic carbocycles. The zero-order valence-corrected chi connectivity index (χ0v) is 53.7. The summed E-state index contributed by atoms with van der Waals surface area (Å²) in [6.45, 7) is -0.692. The van der Waals surface area contributed by atoms with Crippen LogP contribution in [0.1, 0.15) is 54.4 Å². The maximum absolute atomic E-state index is 14.6. The Hall–Kier alpha value is -8.43. The fraction of sp³-hybridized carbons (Fsp3) is 0.554. The van der Waals surface area contributed by atoms with Gasteiger partial charge in [-0.3, -0.25) is 67.3 Å². The van der Waals surface area contributed by atoms with Crippen molar-refractivity contribution in [3.63, 3.8) is 0 Å². The molecule has 0 aliphatic carbocycles. The van der Waals surface area contributed by atoms with E-state index in [1.54, 1.807) is 30.3 Å². The number of rotatable bonds is 31. The largest absolute Gasteiger partial charge is 0.481 e. The highest BCUT2D eigenvalue weighted by atomic mass is 33.1. The third-order valence-electron chi connectivity index (χ3n) is 13.1. The lowest BCUT2D eigenvalue weighted by Crippen LogP contribution is -2.60. The number of carbonyl (C=O) groups is 13. The number of carboxylic acid groups (broad SMARTS) is 1. The van der Waals surface area contributed by atoms with Gasteiger partial charge in [0.25, 0.3) is 5.91 Å². The Balaban J connectivity index is 1.62. The second-order valence-electron chi connectivity index (χ2n) is 20.6. The highest BCUT2D eigenvalue weighted by molar-refractivity contribution is 8.76. The van der Waals surface area contributed by atoms with Crippen molar-refractivity contribution in [2.75, 3.05) is 109 Å². The number of pyridine rings is 1. The van der Waals surface area contributed by atoms with E-state index in [2.05, 4.69) is 68.5 Å². The fourth-order valence-corrected chi connectivity index (χ4v) is 11.6. The molecule has 94 heavy (non-hydrogen) atoms. The number of carboxylic acids is 1. The topological polar surface area (TPSA) is 515 Å². The predicted octanol–water partition coefficient (Wildman–Crippen LogP) is -5.67. The number of unbranched alkanes of at least 4 members (excludes halogenated alkanes) is 1. The molecule has 38 heteroatoms. The number of hydrogen-bond donors (Lipinski definition) is 15. The van der Waals surface area contributed by atoms with Gasteiger partial charge in [-0.05, 0) is 49.8 Å². The van der Waals surface area contributed by atoms with Crippen LogP contribution in [0.3, 0.4) is 0 Å². The minimum absolute atomic E-state index is 0.00356. The summed E-state index contributed by atoms with van der Waals surface area (Å²) >= 11 is 0.878. The summed E-state index contributed by atoms with van der Waals surface area (Å²) in [6, 6.07) is -0.0278. The number of thioether (sulfide) groups is 1. The molecule has 12 amide bonds. The lowest BCUT2D eigenvalue weighted by molar-refractivity contribution is -0.141.